The molecule has 0 amide bonds. The average molecular weight is 703 g/mol. The highest BCUT2D eigenvalue weighted by atomic mass is 14.9. The Morgan fingerprint density at radius 1 is 0.327 bits per heavy atom. The molecule has 0 radical (unpaired) electrons. The molecule has 8 aromatic carbocycles. The third-order valence-corrected chi connectivity index (χ3v) is 11.3. The highest BCUT2D eigenvalue weighted by Crippen LogP contribution is 2.52. The summed E-state index contributed by atoms with van der Waals surface area (Å²) < 4.78 is 0. The van der Waals surface area contributed by atoms with E-state index < -0.39 is 0 Å². The predicted octanol–water partition coefficient (Wildman–Crippen LogP) is 13.9. The Hall–Kier alpha value is -6.90. The van der Waals surface area contributed by atoms with Gasteiger partial charge in [0.25, 0.3) is 0 Å². The Bertz CT molecular complexity index is 2810. The molecule has 0 unspecified atom stereocenters. The first kappa shape index (κ1) is 32.7. The molecule has 2 heteroatoms. The summed E-state index contributed by atoms with van der Waals surface area (Å²) in [6.45, 7) is 4.69. The fourth-order valence-corrected chi connectivity index (χ4v) is 8.54. The zero-order valence-corrected chi connectivity index (χ0v) is 30.9. The van der Waals surface area contributed by atoms with Gasteiger partial charge in [-0.1, -0.05) is 196 Å². The van der Waals surface area contributed by atoms with Crippen LogP contribution in [-0.2, 0) is 5.41 Å². The van der Waals surface area contributed by atoms with Gasteiger partial charge in [0.15, 0.2) is 5.82 Å². The topological polar surface area (TPSA) is 25.8 Å². The van der Waals surface area contributed by atoms with E-state index in [1.807, 2.05) is 24.3 Å². The number of hydrogen-bond acceptors (Lipinski definition) is 2. The van der Waals surface area contributed by atoms with Crippen LogP contribution in [0.5, 0.6) is 0 Å². The van der Waals surface area contributed by atoms with E-state index in [9.17, 15) is 0 Å². The number of fused-ring (bicyclic) bond motifs is 4. The number of hydrogen-bond donors (Lipinski definition) is 0. The zero-order valence-electron chi connectivity index (χ0n) is 30.9. The van der Waals surface area contributed by atoms with Gasteiger partial charge in [-0.2, -0.15) is 0 Å². The van der Waals surface area contributed by atoms with E-state index in [-0.39, 0.29) is 5.41 Å². The van der Waals surface area contributed by atoms with Crippen molar-refractivity contribution in [3.05, 3.63) is 205 Å². The molecule has 0 saturated carbocycles. The van der Waals surface area contributed by atoms with Gasteiger partial charge < -0.3 is 0 Å². The minimum atomic E-state index is -0.0250. The molecule has 9 aromatic rings. The number of nitrogens with zero attached hydrogens (tertiary/aromatic N) is 2. The first-order chi connectivity index (χ1) is 27.0. The molecule has 0 bridgehead atoms. The zero-order chi connectivity index (χ0) is 36.9. The van der Waals surface area contributed by atoms with Gasteiger partial charge >= 0.3 is 0 Å². The number of benzene rings is 8. The lowest BCUT2D eigenvalue weighted by atomic mass is 9.82. The summed E-state index contributed by atoms with van der Waals surface area (Å²) in [6.07, 6.45) is 0. The number of rotatable bonds is 6. The SMILES string of the molecule is CC1(C)c2ccccc2-c2c(-c3cccc(-c4ccc(-c5ccc(-c6cc(-c7ccccc7)nc(-c7ccccc7)n6)c6ccccc56)cc4)c3)cccc21. The van der Waals surface area contributed by atoms with Gasteiger partial charge in [0.05, 0.1) is 11.4 Å². The smallest absolute Gasteiger partial charge is 0.160 e. The summed E-state index contributed by atoms with van der Waals surface area (Å²) in [6, 6.07) is 69.6. The standard InChI is InChI=1S/C53H38N2/c1-53(2)47-25-12-11-23-46(47)51-42(24-14-26-48(51)53)40-20-13-19-39(33-40)35-27-29-36(30-28-35)41-31-32-45(44-22-10-9-21-43(41)44)50-34-49(37-15-5-3-6-16-37)54-52(55-50)38-17-7-4-8-18-38/h3-34H,1-2H3. The van der Waals surface area contributed by atoms with E-state index in [0.29, 0.717) is 0 Å². The largest absolute Gasteiger partial charge is 0.228 e. The monoisotopic (exact) mass is 702 g/mol. The molecule has 1 aliphatic carbocycles. The second-order valence-electron chi connectivity index (χ2n) is 15.0. The van der Waals surface area contributed by atoms with Crippen LogP contribution < -0.4 is 0 Å². The lowest BCUT2D eigenvalue weighted by Crippen LogP contribution is -2.14. The lowest BCUT2D eigenvalue weighted by Gasteiger charge is -2.21. The molecular formula is C53H38N2. The molecule has 0 spiro atoms. The molecule has 0 atom stereocenters. The van der Waals surface area contributed by atoms with Crippen molar-refractivity contribution in [1.82, 2.24) is 9.97 Å². The molecule has 260 valence electrons. The summed E-state index contributed by atoms with van der Waals surface area (Å²) in [7, 11) is 0. The molecule has 1 heterocycles. The van der Waals surface area contributed by atoms with E-state index >= 15 is 0 Å². The maximum absolute atomic E-state index is 5.15. The highest BCUT2D eigenvalue weighted by molar-refractivity contribution is 6.05. The second-order valence-corrected chi connectivity index (χ2v) is 15.0. The van der Waals surface area contributed by atoms with Crippen molar-refractivity contribution in [2.45, 2.75) is 19.3 Å². The van der Waals surface area contributed by atoms with E-state index in [1.165, 1.54) is 61.0 Å². The summed E-state index contributed by atoms with van der Waals surface area (Å²) in [5.41, 5.74) is 17.7. The molecule has 2 nitrogen and oxygen atoms in total. The molecular weight excluding hydrogens is 665 g/mol. The molecule has 1 aliphatic rings. The van der Waals surface area contributed by atoms with E-state index in [0.717, 1.165) is 39.3 Å². The van der Waals surface area contributed by atoms with Crippen LogP contribution in [0.2, 0.25) is 0 Å². The molecule has 10 rings (SSSR count). The minimum absolute atomic E-state index is 0.0250. The van der Waals surface area contributed by atoms with Crippen LogP contribution in [0, 0.1) is 0 Å². The van der Waals surface area contributed by atoms with Crippen molar-refractivity contribution in [1.29, 1.82) is 0 Å². The fraction of sp³-hybridized carbons (Fsp3) is 0.0566. The first-order valence-electron chi connectivity index (χ1n) is 19.0. The van der Waals surface area contributed by atoms with Gasteiger partial charge in [-0.05, 0) is 78.5 Å². The summed E-state index contributed by atoms with van der Waals surface area (Å²) >= 11 is 0. The van der Waals surface area contributed by atoms with Crippen molar-refractivity contribution in [2.75, 3.05) is 0 Å². The van der Waals surface area contributed by atoms with Crippen molar-refractivity contribution < 1.29 is 0 Å². The molecule has 55 heavy (non-hydrogen) atoms. The first-order valence-corrected chi connectivity index (χ1v) is 19.0. The average Bonchev–Trinajstić information content (AvgIpc) is 3.50. The maximum atomic E-state index is 5.15. The van der Waals surface area contributed by atoms with Gasteiger partial charge in [0, 0.05) is 22.1 Å². The van der Waals surface area contributed by atoms with Crippen LogP contribution >= 0.6 is 0 Å². The van der Waals surface area contributed by atoms with Crippen LogP contribution in [0.4, 0.5) is 0 Å². The van der Waals surface area contributed by atoms with Crippen molar-refractivity contribution in [3.8, 4) is 78.4 Å². The highest BCUT2D eigenvalue weighted by Gasteiger charge is 2.36. The van der Waals surface area contributed by atoms with Gasteiger partial charge in [0.1, 0.15) is 0 Å². The third-order valence-electron chi connectivity index (χ3n) is 11.3. The Kier molecular flexibility index (Phi) is 7.85. The van der Waals surface area contributed by atoms with Crippen LogP contribution in [0.25, 0.3) is 89.2 Å². The minimum Gasteiger partial charge on any atom is -0.228 e. The van der Waals surface area contributed by atoms with E-state index in [2.05, 4.69) is 184 Å². The molecule has 1 aromatic heterocycles. The van der Waals surface area contributed by atoms with Gasteiger partial charge in [0.2, 0.25) is 0 Å². The van der Waals surface area contributed by atoms with Crippen molar-refractivity contribution in [2.24, 2.45) is 0 Å². The summed E-state index contributed by atoms with van der Waals surface area (Å²) in [5.74, 6) is 0.718. The summed E-state index contributed by atoms with van der Waals surface area (Å²) in [5, 5.41) is 2.35. The van der Waals surface area contributed by atoms with Crippen molar-refractivity contribution >= 4 is 10.8 Å². The Labute approximate surface area is 322 Å². The summed E-state index contributed by atoms with van der Waals surface area (Å²) in [4.78, 5) is 10.2. The Balaban J connectivity index is 1.02. The Morgan fingerprint density at radius 3 is 1.65 bits per heavy atom. The van der Waals surface area contributed by atoms with Crippen LogP contribution in [0.15, 0.2) is 194 Å². The van der Waals surface area contributed by atoms with Crippen LogP contribution in [-0.4, -0.2) is 9.97 Å². The third kappa shape index (κ3) is 5.66. The molecule has 0 aliphatic heterocycles. The molecule has 0 saturated heterocycles. The Morgan fingerprint density at radius 2 is 0.873 bits per heavy atom. The fourth-order valence-electron chi connectivity index (χ4n) is 8.54. The quantitative estimate of drug-likeness (QED) is 0.172. The van der Waals surface area contributed by atoms with Crippen molar-refractivity contribution in [3.63, 3.8) is 0 Å². The van der Waals surface area contributed by atoms with E-state index in [4.69, 9.17) is 9.97 Å². The maximum Gasteiger partial charge on any atom is 0.160 e. The normalized spacial score (nSPS) is 12.7. The second kappa shape index (κ2) is 13.2. The van der Waals surface area contributed by atoms with Gasteiger partial charge in [-0.15, -0.1) is 0 Å². The van der Waals surface area contributed by atoms with Gasteiger partial charge in [-0.3, -0.25) is 0 Å². The molecule has 0 N–H and O–H groups in total. The van der Waals surface area contributed by atoms with Crippen LogP contribution in [0.1, 0.15) is 25.0 Å². The lowest BCUT2D eigenvalue weighted by molar-refractivity contribution is 0.660. The van der Waals surface area contributed by atoms with Gasteiger partial charge in [-0.25, -0.2) is 9.97 Å². The number of aromatic nitrogens is 2. The predicted molar refractivity (Wildman–Crippen MR) is 230 cm³/mol. The molecule has 0 fully saturated rings. The van der Waals surface area contributed by atoms with Crippen LogP contribution in [0.3, 0.4) is 0 Å². The van der Waals surface area contributed by atoms with E-state index in [1.54, 1.807) is 0 Å².